The van der Waals surface area contributed by atoms with Crippen LogP contribution in [0.5, 0.6) is 5.75 Å². The number of methoxy groups -OCH3 is 1. The first-order chi connectivity index (χ1) is 20.2. The van der Waals surface area contributed by atoms with Crippen molar-refractivity contribution in [2.45, 2.75) is 25.4 Å². The number of nitro benzene ring substituents is 1. The normalized spacial score (nSPS) is 17.5. The van der Waals surface area contributed by atoms with Crippen LogP contribution in [0.3, 0.4) is 0 Å². The third-order valence-electron chi connectivity index (χ3n) is 6.50. The maximum Gasteiger partial charge on any atom is 0.337 e. The zero-order valence-electron chi connectivity index (χ0n) is 22.9. The number of hydrogen-bond donors (Lipinski definition) is 2. The summed E-state index contributed by atoms with van der Waals surface area (Å²) in [5.74, 6) is -2.52. The van der Waals surface area contributed by atoms with Crippen molar-refractivity contribution in [3.8, 4) is 11.8 Å². The van der Waals surface area contributed by atoms with E-state index >= 15 is 0 Å². The number of benzene rings is 2. The molecule has 2 unspecified atom stereocenters. The summed E-state index contributed by atoms with van der Waals surface area (Å²) in [5.41, 5.74) is 0.565. The minimum absolute atomic E-state index is 0.0114. The maximum atomic E-state index is 13.3. The van der Waals surface area contributed by atoms with Crippen LogP contribution in [-0.4, -0.2) is 62.3 Å². The molecule has 2 heterocycles. The second-order valence-corrected chi connectivity index (χ2v) is 9.41. The Bertz CT molecular complexity index is 1490. The summed E-state index contributed by atoms with van der Waals surface area (Å²) < 4.78 is 21.0. The van der Waals surface area contributed by atoms with Gasteiger partial charge < -0.3 is 29.6 Å². The third-order valence-corrected chi connectivity index (χ3v) is 6.50. The van der Waals surface area contributed by atoms with Gasteiger partial charge in [-0.25, -0.2) is 9.59 Å². The van der Waals surface area contributed by atoms with Crippen molar-refractivity contribution >= 4 is 23.5 Å². The number of non-ortho nitro benzene ring substituents is 1. The van der Waals surface area contributed by atoms with Crippen LogP contribution < -0.4 is 15.4 Å². The molecule has 0 bridgehead atoms. The number of amides is 1. The SMILES string of the molecule is COC(=O)C1=C(C#N)NC(C)=C(C(=O)OCCNC(=O)Cc2ccc(OCC3CO3)cc2)C1c1cccc([N+](=O)[O-])c1. The maximum absolute atomic E-state index is 13.3. The van der Waals surface area contributed by atoms with Gasteiger partial charge in [0, 0.05) is 17.8 Å². The van der Waals surface area contributed by atoms with Crippen LogP contribution >= 0.6 is 0 Å². The predicted octanol–water partition coefficient (Wildman–Crippen LogP) is 2.19. The van der Waals surface area contributed by atoms with E-state index in [1.165, 1.54) is 31.2 Å². The van der Waals surface area contributed by atoms with Crippen molar-refractivity contribution in [1.82, 2.24) is 10.6 Å². The molecule has 2 aromatic rings. The number of esters is 2. The topological polar surface area (TPSA) is 182 Å². The highest BCUT2D eigenvalue weighted by Crippen LogP contribution is 2.40. The zero-order chi connectivity index (χ0) is 30.2. The number of nitro groups is 1. The smallest absolute Gasteiger partial charge is 0.337 e. The highest BCUT2D eigenvalue weighted by molar-refractivity contribution is 6.00. The van der Waals surface area contributed by atoms with Crippen molar-refractivity contribution < 1.29 is 38.3 Å². The van der Waals surface area contributed by atoms with Gasteiger partial charge in [0.05, 0.1) is 48.7 Å². The van der Waals surface area contributed by atoms with E-state index < -0.39 is 22.8 Å². The molecule has 218 valence electrons. The number of nitriles is 1. The van der Waals surface area contributed by atoms with Crippen LogP contribution in [0.25, 0.3) is 0 Å². The number of epoxide rings is 1. The lowest BCUT2D eigenvalue weighted by molar-refractivity contribution is -0.384. The summed E-state index contributed by atoms with van der Waals surface area (Å²) in [6, 6.07) is 14.4. The zero-order valence-corrected chi connectivity index (χ0v) is 22.9. The van der Waals surface area contributed by atoms with Crippen molar-refractivity contribution in [2.75, 3.05) is 33.5 Å². The summed E-state index contributed by atoms with van der Waals surface area (Å²) in [4.78, 5) is 49.2. The van der Waals surface area contributed by atoms with Crippen molar-refractivity contribution in [3.63, 3.8) is 0 Å². The lowest BCUT2D eigenvalue weighted by Gasteiger charge is -2.29. The van der Waals surface area contributed by atoms with E-state index in [1.807, 2.05) is 6.07 Å². The first-order valence-corrected chi connectivity index (χ1v) is 12.9. The molecule has 1 saturated heterocycles. The molecule has 1 fully saturated rings. The summed E-state index contributed by atoms with van der Waals surface area (Å²) in [5, 5.41) is 26.5. The van der Waals surface area contributed by atoms with Crippen LogP contribution in [-0.2, 0) is 35.0 Å². The fraction of sp³-hybridized carbons (Fsp3) is 0.310. The number of rotatable bonds is 12. The van der Waals surface area contributed by atoms with E-state index in [4.69, 9.17) is 18.9 Å². The fourth-order valence-electron chi connectivity index (χ4n) is 4.38. The number of nitrogens with zero attached hydrogens (tertiary/aromatic N) is 2. The first-order valence-electron chi connectivity index (χ1n) is 12.9. The monoisotopic (exact) mass is 576 g/mol. The lowest BCUT2D eigenvalue weighted by atomic mass is 9.80. The molecule has 0 radical (unpaired) electrons. The molecule has 0 aromatic heterocycles. The average Bonchev–Trinajstić information content (AvgIpc) is 3.82. The number of carbonyl (C=O) groups excluding carboxylic acids is 3. The van der Waals surface area contributed by atoms with Gasteiger partial charge in [-0.3, -0.25) is 14.9 Å². The van der Waals surface area contributed by atoms with Gasteiger partial charge in [0.2, 0.25) is 5.91 Å². The predicted molar refractivity (Wildman–Crippen MR) is 146 cm³/mol. The number of dihydropyridines is 1. The van der Waals surface area contributed by atoms with E-state index in [-0.39, 0.29) is 65.4 Å². The number of hydrogen-bond acceptors (Lipinski definition) is 11. The summed E-state index contributed by atoms with van der Waals surface area (Å²) in [6.07, 6.45) is 0.249. The molecule has 42 heavy (non-hydrogen) atoms. The minimum atomic E-state index is -1.18. The summed E-state index contributed by atoms with van der Waals surface area (Å²) in [7, 11) is 1.12. The highest BCUT2D eigenvalue weighted by atomic mass is 16.6. The van der Waals surface area contributed by atoms with Crippen LogP contribution in [0.4, 0.5) is 5.69 Å². The Morgan fingerprint density at radius 3 is 2.55 bits per heavy atom. The van der Waals surface area contributed by atoms with Gasteiger partial charge >= 0.3 is 11.9 Å². The second kappa shape index (κ2) is 13.4. The van der Waals surface area contributed by atoms with Crippen LogP contribution in [0, 0.1) is 21.4 Å². The molecule has 0 saturated carbocycles. The van der Waals surface area contributed by atoms with E-state index in [0.29, 0.717) is 19.0 Å². The molecule has 13 heteroatoms. The fourth-order valence-corrected chi connectivity index (χ4v) is 4.38. The minimum Gasteiger partial charge on any atom is -0.491 e. The first kappa shape index (κ1) is 29.8. The van der Waals surface area contributed by atoms with E-state index in [0.717, 1.165) is 12.7 Å². The van der Waals surface area contributed by atoms with E-state index in [9.17, 15) is 29.8 Å². The van der Waals surface area contributed by atoms with Gasteiger partial charge in [0.1, 0.15) is 36.8 Å². The van der Waals surface area contributed by atoms with Crippen molar-refractivity contribution in [2.24, 2.45) is 0 Å². The Kier molecular flexibility index (Phi) is 9.51. The standard InChI is InChI=1S/C29H28N4O9/c1-17-25(26(19-4-3-5-20(13-19)33(37)38)27(28(35)39-2)23(14-30)32-17)29(36)40-11-10-31-24(34)12-18-6-8-21(9-7-18)41-15-22-16-42-22/h3-9,13,22,26,32H,10-12,15-16H2,1-2H3,(H,31,34). The Hall–Kier alpha value is -5.22. The molecule has 2 aromatic carbocycles. The van der Waals surface area contributed by atoms with Gasteiger partial charge in [-0.05, 0) is 30.2 Å². The molecular formula is C29H28N4O9. The van der Waals surface area contributed by atoms with Crippen molar-refractivity contribution in [1.29, 1.82) is 5.26 Å². The summed E-state index contributed by atoms with van der Waals surface area (Å²) >= 11 is 0. The summed E-state index contributed by atoms with van der Waals surface area (Å²) in [6.45, 7) is 2.52. The quantitative estimate of drug-likeness (QED) is 0.124. The lowest BCUT2D eigenvalue weighted by Crippen LogP contribution is -2.34. The molecule has 13 nitrogen and oxygen atoms in total. The largest absolute Gasteiger partial charge is 0.491 e. The average molecular weight is 577 g/mol. The molecule has 2 aliphatic rings. The molecule has 2 aliphatic heterocycles. The van der Waals surface area contributed by atoms with Crippen LogP contribution in [0.2, 0.25) is 0 Å². The molecule has 4 rings (SSSR count). The molecule has 2 N–H and O–H groups in total. The van der Waals surface area contributed by atoms with Gasteiger partial charge in [0.25, 0.3) is 5.69 Å². The number of nitrogens with one attached hydrogen (secondary N) is 2. The van der Waals surface area contributed by atoms with Crippen molar-refractivity contribution in [3.05, 3.63) is 92.3 Å². The van der Waals surface area contributed by atoms with Crippen LogP contribution in [0.1, 0.15) is 24.0 Å². The Morgan fingerprint density at radius 2 is 1.90 bits per heavy atom. The van der Waals surface area contributed by atoms with E-state index in [1.54, 1.807) is 24.3 Å². The van der Waals surface area contributed by atoms with E-state index in [2.05, 4.69) is 10.6 Å². The second-order valence-electron chi connectivity index (χ2n) is 9.41. The Morgan fingerprint density at radius 1 is 1.17 bits per heavy atom. The third kappa shape index (κ3) is 7.29. The number of ether oxygens (including phenoxy) is 4. The Labute approximate surface area is 240 Å². The van der Waals surface area contributed by atoms with Gasteiger partial charge in [-0.2, -0.15) is 5.26 Å². The van der Waals surface area contributed by atoms with Gasteiger partial charge in [0.15, 0.2) is 0 Å². The van der Waals surface area contributed by atoms with Crippen LogP contribution in [0.15, 0.2) is 71.1 Å². The van der Waals surface area contributed by atoms with Gasteiger partial charge in [-0.1, -0.05) is 24.3 Å². The molecular weight excluding hydrogens is 548 g/mol. The highest BCUT2D eigenvalue weighted by Gasteiger charge is 2.39. The molecule has 0 aliphatic carbocycles. The Balaban J connectivity index is 1.40. The molecule has 0 spiro atoms. The molecule has 2 atom stereocenters. The number of carbonyl (C=O) groups is 3. The van der Waals surface area contributed by atoms with Gasteiger partial charge in [-0.15, -0.1) is 0 Å². The number of allylic oxidation sites excluding steroid dienone is 2. The molecule has 1 amide bonds.